The normalized spacial score (nSPS) is 12.1. The molecule has 3 rings (SSSR count). The van der Waals surface area contributed by atoms with E-state index in [9.17, 15) is 8.42 Å². The highest BCUT2D eigenvalue weighted by Crippen LogP contribution is 2.28. The second-order valence-corrected chi connectivity index (χ2v) is 9.60. The molecule has 0 bridgehead atoms. The third-order valence-corrected chi connectivity index (χ3v) is 6.03. The highest BCUT2D eigenvalue weighted by atomic mass is 32.2. The molecular formula is C22H27N3O3S. The van der Waals surface area contributed by atoms with Crippen LogP contribution in [0.1, 0.15) is 32.0 Å². The summed E-state index contributed by atoms with van der Waals surface area (Å²) in [7, 11) is -2.09. The van der Waals surface area contributed by atoms with Crippen molar-refractivity contribution in [1.29, 1.82) is 0 Å². The minimum absolute atomic E-state index is 0.212. The quantitative estimate of drug-likeness (QED) is 0.641. The van der Waals surface area contributed by atoms with Gasteiger partial charge in [0.2, 0.25) is 10.0 Å². The van der Waals surface area contributed by atoms with Crippen LogP contribution in [0.25, 0.3) is 5.69 Å². The smallest absolute Gasteiger partial charge is 0.244 e. The zero-order chi connectivity index (χ0) is 21.1. The molecule has 0 saturated heterocycles. The van der Waals surface area contributed by atoms with Gasteiger partial charge in [-0.05, 0) is 36.2 Å². The molecule has 1 aromatic heterocycles. The Balaban J connectivity index is 1.82. The van der Waals surface area contributed by atoms with E-state index in [1.165, 1.54) is 0 Å². The Morgan fingerprint density at radius 3 is 2.28 bits per heavy atom. The number of nitrogens with one attached hydrogen (secondary N) is 1. The fourth-order valence-electron chi connectivity index (χ4n) is 2.99. The van der Waals surface area contributed by atoms with E-state index in [0.29, 0.717) is 18.7 Å². The molecular weight excluding hydrogens is 386 g/mol. The molecule has 7 heteroatoms. The Labute approximate surface area is 172 Å². The van der Waals surface area contributed by atoms with Crippen LogP contribution in [0.3, 0.4) is 0 Å². The molecule has 0 aliphatic heterocycles. The van der Waals surface area contributed by atoms with E-state index in [-0.39, 0.29) is 4.90 Å². The summed E-state index contributed by atoms with van der Waals surface area (Å²) in [4.78, 5) is 0.212. The summed E-state index contributed by atoms with van der Waals surface area (Å²) >= 11 is 0. The van der Waals surface area contributed by atoms with E-state index in [1.54, 1.807) is 18.0 Å². The van der Waals surface area contributed by atoms with Crippen molar-refractivity contribution in [2.75, 3.05) is 13.7 Å². The first-order valence-electron chi connectivity index (χ1n) is 9.49. The number of hydrogen-bond acceptors (Lipinski definition) is 4. The lowest BCUT2D eigenvalue weighted by Gasteiger charge is -2.17. The number of aromatic nitrogens is 2. The number of para-hydroxylation sites is 1. The summed E-state index contributed by atoms with van der Waals surface area (Å²) in [5, 5.41) is 4.59. The monoisotopic (exact) mass is 413 g/mol. The molecule has 0 aliphatic carbocycles. The van der Waals surface area contributed by atoms with Crippen LogP contribution in [0.2, 0.25) is 0 Å². The molecule has 0 aliphatic rings. The van der Waals surface area contributed by atoms with Gasteiger partial charge >= 0.3 is 0 Å². The number of methoxy groups -OCH3 is 1. The van der Waals surface area contributed by atoms with E-state index < -0.39 is 15.4 Å². The fourth-order valence-corrected chi connectivity index (χ4v) is 4.35. The van der Waals surface area contributed by atoms with Gasteiger partial charge in [-0.3, -0.25) is 0 Å². The lowest BCUT2D eigenvalue weighted by Crippen LogP contribution is -2.28. The van der Waals surface area contributed by atoms with Gasteiger partial charge in [0.1, 0.15) is 10.6 Å². The average molecular weight is 414 g/mol. The highest BCUT2D eigenvalue weighted by Gasteiger charge is 2.30. The van der Waals surface area contributed by atoms with E-state index >= 15 is 0 Å². The van der Waals surface area contributed by atoms with Crippen LogP contribution < -0.4 is 9.46 Å². The van der Waals surface area contributed by atoms with Gasteiger partial charge in [-0.2, -0.15) is 5.10 Å². The molecule has 0 unspecified atom stereocenters. The van der Waals surface area contributed by atoms with Crippen molar-refractivity contribution >= 4 is 10.0 Å². The SMILES string of the molecule is COc1ccc(CCNS(=O)(=O)c2cn(-c3ccccc3)nc2C(C)(C)C)cc1. The van der Waals surface area contributed by atoms with Crippen molar-refractivity contribution in [3.63, 3.8) is 0 Å². The predicted octanol–water partition coefficient (Wildman–Crippen LogP) is 3.70. The molecule has 1 N–H and O–H groups in total. The van der Waals surface area contributed by atoms with E-state index in [2.05, 4.69) is 9.82 Å². The summed E-state index contributed by atoms with van der Waals surface area (Å²) in [6, 6.07) is 17.1. The first-order chi connectivity index (χ1) is 13.7. The van der Waals surface area contributed by atoms with Crippen molar-refractivity contribution in [2.45, 2.75) is 37.5 Å². The van der Waals surface area contributed by atoms with Crippen LogP contribution in [0.4, 0.5) is 0 Å². The van der Waals surface area contributed by atoms with Gasteiger partial charge in [0.05, 0.1) is 24.7 Å². The number of benzene rings is 2. The topological polar surface area (TPSA) is 73.2 Å². The highest BCUT2D eigenvalue weighted by molar-refractivity contribution is 7.89. The van der Waals surface area contributed by atoms with Crippen LogP contribution in [0.15, 0.2) is 65.7 Å². The van der Waals surface area contributed by atoms with Crippen LogP contribution in [0, 0.1) is 0 Å². The number of sulfonamides is 1. The molecule has 1 heterocycles. The first kappa shape index (κ1) is 21.1. The average Bonchev–Trinajstić information content (AvgIpc) is 3.16. The molecule has 0 fully saturated rings. The number of hydrogen-bond donors (Lipinski definition) is 1. The summed E-state index contributed by atoms with van der Waals surface area (Å²) in [5.41, 5.74) is 1.97. The van der Waals surface area contributed by atoms with Gasteiger partial charge in [-0.15, -0.1) is 0 Å². The zero-order valence-corrected chi connectivity index (χ0v) is 18.0. The van der Waals surface area contributed by atoms with Crippen LogP contribution in [-0.4, -0.2) is 31.9 Å². The maximum Gasteiger partial charge on any atom is 0.244 e. The summed E-state index contributed by atoms with van der Waals surface area (Å²) in [6.07, 6.45) is 2.17. The van der Waals surface area contributed by atoms with Crippen molar-refractivity contribution in [1.82, 2.24) is 14.5 Å². The van der Waals surface area contributed by atoms with Crippen LogP contribution in [0.5, 0.6) is 5.75 Å². The standard InChI is InChI=1S/C22H27N3O3S/c1-22(2,3)21-20(16-25(24-21)18-8-6-5-7-9-18)29(26,27)23-15-14-17-10-12-19(28-4)13-11-17/h5-13,16,23H,14-15H2,1-4H3. The molecule has 0 spiro atoms. The molecule has 0 atom stereocenters. The molecule has 0 amide bonds. The van der Waals surface area contributed by atoms with Gasteiger partial charge in [-0.25, -0.2) is 17.8 Å². The predicted molar refractivity (Wildman–Crippen MR) is 114 cm³/mol. The second-order valence-electron chi connectivity index (χ2n) is 7.87. The van der Waals surface area contributed by atoms with Crippen molar-refractivity contribution < 1.29 is 13.2 Å². The van der Waals surface area contributed by atoms with Gasteiger partial charge in [0.15, 0.2) is 0 Å². The Morgan fingerprint density at radius 1 is 1.03 bits per heavy atom. The minimum Gasteiger partial charge on any atom is -0.497 e. The Morgan fingerprint density at radius 2 is 1.69 bits per heavy atom. The van der Waals surface area contributed by atoms with Crippen molar-refractivity contribution in [3.8, 4) is 11.4 Å². The summed E-state index contributed by atoms with van der Waals surface area (Å²) in [6.45, 7) is 6.18. The zero-order valence-electron chi connectivity index (χ0n) is 17.2. The fraction of sp³-hybridized carbons (Fsp3) is 0.318. The third kappa shape index (κ3) is 5.05. The third-order valence-electron chi connectivity index (χ3n) is 4.57. The maximum absolute atomic E-state index is 13.1. The van der Waals surface area contributed by atoms with Crippen molar-refractivity contribution in [2.24, 2.45) is 0 Å². The molecule has 3 aromatic rings. The first-order valence-corrected chi connectivity index (χ1v) is 11.0. The molecule has 2 aromatic carbocycles. The number of nitrogens with zero attached hydrogens (tertiary/aromatic N) is 2. The summed E-state index contributed by atoms with van der Waals surface area (Å²) in [5.74, 6) is 0.775. The molecule has 6 nitrogen and oxygen atoms in total. The molecule has 154 valence electrons. The summed E-state index contributed by atoms with van der Waals surface area (Å²) < 4.78 is 35.6. The van der Waals surface area contributed by atoms with Gasteiger partial charge in [-0.1, -0.05) is 51.1 Å². The van der Waals surface area contributed by atoms with Crippen LogP contribution in [-0.2, 0) is 21.9 Å². The van der Waals surface area contributed by atoms with E-state index in [1.807, 2.05) is 75.4 Å². The van der Waals surface area contributed by atoms with Crippen LogP contribution >= 0.6 is 0 Å². The minimum atomic E-state index is -3.70. The Bertz CT molecular complexity index is 1050. The second kappa shape index (κ2) is 8.39. The molecule has 0 radical (unpaired) electrons. The van der Waals surface area contributed by atoms with E-state index in [0.717, 1.165) is 17.0 Å². The lowest BCUT2D eigenvalue weighted by molar-refractivity contribution is 0.414. The van der Waals surface area contributed by atoms with Gasteiger partial charge < -0.3 is 4.74 Å². The van der Waals surface area contributed by atoms with Gasteiger partial charge in [0, 0.05) is 12.0 Å². The Hall–Kier alpha value is -2.64. The molecule has 29 heavy (non-hydrogen) atoms. The maximum atomic E-state index is 13.1. The van der Waals surface area contributed by atoms with Gasteiger partial charge in [0.25, 0.3) is 0 Å². The Kier molecular flexibility index (Phi) is 6.10. The largest absolute Gasteiger partial charge is 0.497 e. The molecule has 0 saturated carbocycles. The number of rotatable bonds is 7. The number of ether oxygens (including phenoxy) is 1. The van der Waals surface area contributed by atoms with Crippen molar-refractivity contribution in [3.05, 3.63) is 72.1 Å². The van der Waals surface area contributed by atoms with E-state index in [4.69, 9.17) is 4.74 Å². The lowest BCUT2D eigenvalue weighted by atomic mass is 9.92.